The second kappa shape index (κ2) is 6.98. The molecule has 1 aromatic heterocycles. The third kappa shape index (κ3) is 3.36. The molecule has 0 atom stereocenters. The van der Waals surface area contributed by atoms with Gasteiger partial charge in [0, 0.05) is 17.8 Å². The van der Waals surface area contributed by atoms with Gasteiger partial charge in [-0.3, -0.25) is 4.98 Å². The van der Waals surface area contributed by atoms with Gasteiger partial charge in [-0.2, -0.15) is 0 Å². The summed E-state index contributed by atoms with van der Waals surface area (Å²) in [6.07, 6.45) is 1.77. The van der Waals surface area contributed by atoms with Crippen molar-refractivity contribution in [3.05, 3.63) is 65.4 Å². The van der Waals surface area contributed by atoms with E-state index in [1.165, 1.54) is 22.3 Å². The average Bonchev–Trinajstić information content (AvgIpc) is 2.60. The molecule has 0 saturated carbocycles. The van der Waals surface area contributed by atoms with E-state index in [2.05, 4.69) is 50.0 Å². The van der Waals surface area contributed by atoms with Crippen LogP contribution in [-0.2, 0) is 0 Å². The third-order valence-corrected chi connectivity index (χ3v) is 4.42. The van der Waals surface area contributed by atoms with E-state index in [1.807, 2.05) is 18.2 Å². The minimum Gasteiger partial charge on any atom is -0.497 e. The SMILES string of the molecule is COc1ccnc(-c2ccc(OC)cc2-c2c(C)cc(C)cc2C)c1. The van der Waals surface area contributed by atoms with Crippen LogP contribution in [0.25, 0.3) is 22.4 Å². The lowest BCUT2D eigenvalue weighted by molar-refractivity contribution is 0.414. The number of hydrogen-bond donors (Lipinski definition) is 0. The monoisotopic (exact) mass is 333 g/mol. The molecule has 3 nitrogen and oxygen atoms in total. The van der Waals surface area contributed by atoms with Crippen LogP contribution in [0.5, 0.6) is 11.5 Å². The predicted molar refractivity (Wildman–Crippen MR) is 102 cm³/mol. The van der Waals surface area contributed by atoms with E-state index >= 15 is 0 Å². The molecule has 3 heteroatoms. The fourth-order valence-corrected chi connectivity index (χ4v) is 3.37. The molecular weight excluding hydrogens is 310 g/mol. The zero-order valence-electron chi connectivity index (χ0n) is 15.4. The summed E-state index contributed by atoms with van der Waals surface area (Å²) >= 11 is 0. The van der Waals surface area contributed by atoms with Crippen LogP contribution in [-0.4, -0.2) is 19.2 Å². The largest absolute Gasteiger partial charge is 0.497 e. The molecule has 3 aromatic rings. The van der Waals surface area contributed by atoms with E-state index in [-0.39, 0.29) is 0 Å². The summed E-state index contributed by atoms with van der Waals surface area (Å²) < 4.78 is 10.8. The summed E-state index contributed by atoms with van der Waals surface area (Å²) in [5.41, 5.74) is 8.05. The molecule has 0 N–H and O–H groups in total. The lowest BCUT2D eigenvalue weighted by atomic mass is 9.89. The number of ether oxygens (including phenoxy) is 2. The van der Waals surface area contributed by atoms with Gasteiger partial charge in [-0.05, 0) is 67.3 Å². The van der Waals surface area contributed by atoms with Crippen molar-refractivity contribution in [1.82, 2.24) is 4.98 Å². The topological polar surface area (TPSA) is 31.4 Å². The molecule has 0 saturated heterocycles. The summed E-state index contributed by atoms with van der Waals surface area (Å²) in [6, 6.07) is 14.4. The van der Waals surface area contributed by atoms with Gasteiger partial charge in [0.25, 0.3) is 0 Å². The van der Waals surface area contributed by atoms with Crippen LogP contribution in [0.3, 0.4) is 0 Å². The Hall–Kier alpha value is -2.81. The molecule has 0 amide bonds. The maximum Gasteiger partial charge on any atom is 0.122 e. The molecule has 0 radical (unpaired) electrons. The molecule has 3 rings (SSSR count). The Morgan fingerprint density at radius 3 is 2.00 bits per heavy atom. The Morgan fingerprint density at radius 1 is 0.720 bits per heavy atom. The molecule has 0 aliphatic carbocycles. The molecule has 0 aliphatic heterocycles. The average molecular weight is 333 g/mol. The van der Waals surface area contributed by atoms with E-state index in [0.717, 1.165) is 28.3 Å². The van der Waals surface area contributed by atoms with Gasteiger partial charge in [0.2, 0.25) is 0 Å². The van der Waals surface area contributed by atoms with Gasteiger partial charge in [0.05, 0.1) is 19.9 Å². The van der Waals surface area contributed by atoms with Crippen molar-refractivity contribution in [2.75, 3.05) is 14.2 Å². The lowest BCUT2D eigenvalue weighted by Gasteiger charge is -2.17. The Kier molecular flexibility index (Phi) is 4.75. The number of pyridine rings is 1. The first-order valence-corrected chi connectivity index (χ1v) is 8.30. The van der Waals surface area contributed by atoms with Gasteiger partial charge in [-0.15, -0.1) is 0 Å². The smallest absolute Gasteiger partial charge is 0.122 e. The number of nitrogens with zero attached hydrogens (tertiary/aromatic N) is 1. The van der Waals surface area contributed by atoms with Crippen molar-refractivity contribution >= 4 is 0 Å². The maximum atomic E-state index is 5.47. The van der Waals surface area contributed by atoms with E-state index < -0.39 is 0 Å². The van der Waals surface area contributed by atoms with Gasteiger partial charge >= 0.3 is 0 Å². The summed E-state index contributed by atoms with van der Waals surface area (Å²) in [5.74, 6) is 1.63. The predicted octanol–water partition coefficient (Wildman–Crippen LogP) is 5.36. The van der Waals surface area contributed by atoms with E-state index in [4.69, 9.17) is 9.47 Å². The second-order valence-corrected chi connectivity index (χ2v) is 6.27. The van der Waals surface area contributed by atoms with Crippen molar-refractivity contribution in [3.63, 3.8) is 0 Å². The fraction of sp³-hybridized carbons (Fsp3) is 0.227. The zero-order chi connectivity index (χ0) is 18.0. The number of methoxy groups -OCH3 is 2. The summed E-state index contributed by atoms with van der Waals surface area (Å²) in [5, 5.41) is 0. The minimum absolute atomic E-state index is 0.795. The molecule has 2 aromatic carbocycles. The van der Waals surface area contributed by atoms with Crippen molar-refractivity contribution in [2.45, 2.75) is 20.8 Å². The molecule has 1 heterocycles. The van der Waals surface area contributed by atoms with Gasteiger partial charge in [0.15, 0.2) is 0 Å². The quantitative estimate of drug-likeness (QED) is 0.644. The van der Waals surface area contributed by atoms with E-state index in [0.29, 0.717) is 0 Å². The molecule has 0 bridgehead atoms. The molecule has 0 aliphatic rings. The number of aromatic nitrogens is 1. The normalized spacial score (nSPS) is 10.6. The Morgan fingerprint density at radius 2 is 1.36 bits per heavy atom. The zero-order valence-corrected chi connectivity index (χ0v) is 15.4. The van der Waals surface area contributed by atoms with Crippen LogP contribution in [0.4, 0.5) is 0 Å². The lowest BCUT2D eigenvalue weighted by Crippen LogP contribution is -1.96. The van der Waals surface area contributed by atoms with Crippen LogP contribution < -0.4 is 9.47 Å². The Labute approximate surface area is 149 Å². The Balaban J connectivity index is 2.28. The molecule has 0 fully saturated rings. The number of benzene rings is 2. The fourth-order valence-electron chi connectivity index (χ4n) is 3.37. The summed E-state index contributed by atoms with van der Waals surface area (Å²) in [4.78, 5) is 4.56. The summed E-state index contributed by atoms with van der Waals surface area (Å²) in [6.45, 7) is 6.43. The minimum atomic E-state index is 0.795. The van der Waals surface area contributed by atoms with Crippen LogP contribution in [0, 0.1) is 20.8 Å². The maximum absolute atomic E-state index is 5.47. The molecule has 0 unspecified atom stereocenters. The van der Waals surface area contributed by atoms with Crippen molar-refractivity contribution in [2.24, 2.45) is 0 Å². The molecule has 128 valence electrons. The molecular formula is C22H23NO2. The van der Waals surface area contributed by atoms with Gasteiger partial charge in [-0.1, -0.05) is 17.7 Å². The highest BCUT2D eigenvalue weighted by Gasteiger charge is 2.15. The van der Waals surface area contributed by atoms with Gasteiger partial charge < -0.3 is 9.47 Å². The highest BCUT2D eigenvalue weighted by molar-refractivity contribution is 5.86. The van der Waals surface area contributed by atoms with Crippen LogP contribution in [0.1, 0.15) is 16.7 Å². The first kappa shape index (κ1) is 17.0. The third-order valence-electron chi connectivity index (χ3n) is 4.42. The number of aryl methyl sites for hydroxylation is 3. The standard InChI is InChI=1S/C22H23NO2/c1-14-10-15(2)22(16(3)11-14)20-12-17(24-4)6-7-19(20)21-13-18(25-5)8-9-23-21/h6-13H,1-5H3. The van der Waals surface area contributed by atoms with Crippen molar-refractivity contribution in [1.29, 1.82) is 0 Å². The van der Waals surface area contributed by atoms with Crippen LogP contribution in [0.2, 0.25) is 0 Å². The highest BCUT2D eigenvalue weighted by Crippen LogP contribution is 2.38. The number of hydrogen-bond acceptors (Lipinski definition) is 3. The summed E-state index contributed by atoms with van der Waals surface area (Å²) in [7, 11) is 3.36. The highest BCUT2D eigenvalue weighted by atomic mass is 16.5. The molecule has 0 spiro atoms. The van der Waals surface area contributed by atoms with Crippen LogP contribution >= 0.6 is 0 Å². The second-order valence-electron chi connectivity index (χ2n) is 6.27. The van der Waals surface area contributed by atoms with Crippen molar-refractivity contribution < 1.29 is 9.47 Å². The Bertz CT molecular complexity index is 893. The van der Waals surface area contributed by atoms with Crippen molar-refractivity contribution in [3.8, 4) is 33.9 Å². The van der Waals surface area contributed by atoms with Gasteiger partial charge in [0.1, 0.15) is 11.5 Å². The number of rotatable bonds is 4. The van der Waals surface area contributed by atoms with Gasteiger partial charge in [-0.25, -0.2) is 0 Å². The van der Waals surface area contributed by atoms with Crippen LogP contribution in [0.15, 0.2) is 48.7 Å². The molecule has 25 heavy (non-hydrogen) atoms. The first-order chi connectivity index (χ1) is 12.0. The first-order valence-electron chi connectivity index (χ1n) is 8.30. The van der Waals surface area contributed by atoms with E-state index in [9.17, 15) is 0 Å². The van der Waals surface area contributed by atoms with E-state index in [1.54, 1.807) is 20.4 Å².